The van der Waals surface area contributed by atoms with E-state index in [1.807, 2.05) is 12.1 Å². The first kappa shape index (κ1) is 11.0. The number of hydrogen-bond donors (Lipinski definition) is 1. The highest BCUT2D eigenvalue weighted by atomic mass is 14.9. The molecule has 0 saturated carbocycles. The van der Waals surface area contributed by atoms with Crippen LogP contribution in [0, 0.1) is 5.92 Å². The van der Waals surface area contributed by atoms with Gasteiger partial charge < -0.3 is 5.32 Å². The Bertz CT molecular complexity index is 264. The van der Waals surface area contributed by atoms with Crippen molar-refractivity contribution in [3.63, 3.8) is 0 Å². The van der Waals surface area contributed by atoms with Crippen molar-refractivity contribution in [2.24, 2.45) is 5.92 Å². The lowest BCUT2D eigenvalue weighted by Crippen LogP contribution is -2.31. The largest absolute Gasteiger partial charge is 0.306 e. The molecule has 1 aromatic rings. The molecule has 0 heterocycles. The summed E-state index contributed by atoms with van der Waals surface area (Å²) in [6, 6.07) is 10.8. The predicted octanol–water partition coefficient (Wildman–Crippen LogP) is 2.99. The zero-order valence-corrected chi connectivity index (χ0v) is 9.03. The van der Waals surface area contributed by atoms with Crippen LogP contribution in [0.3, 0.4) is 0 Å². The first-order valence-electron chi connectivity index (χ1n) is 5.14. The highest BCUT2D eigenvalue weighted by molar-refractivity contribution is 5.14. The second-order valence-corrected chi connectivity index (χ2v) is 3.87. The first-order valence-corrected chi connectivity index (χ1v) is 5.14. The maximum atomic E-state index is 3.83. The second-order valence-electron chi connectivity index (χ2n) is 3.87. The van der Waals surface area contributed by atoms with Crippen molar-refractivity contribution in [3.8, 4) is 0 Å². The van der Waals surface area contributed by atoms with Crippen molar-refractivity contribution in [1.29, 1.82) is 0 Å². The van der Waals surface area contributed by atoms with Crippen molar-refractivity contribution in [3.05, 3.63) is 48.6 Å². The maximum Gasteiger partial charge on any atom is 0.0273 e. The summed E-state index contributed by atoms with van der Waals surface area (Å²) in [5.41, 5.74) is 1.32. The Kier molecular flexibility index (Phi) is 4.41. The fraction of sp³-hybridized carbons (Fsp3) is 0.385. The summed E-state index contributed by atoms with van der Waals surface area (Å²) in [5.74, 6) is 0.594. The van der Waals surface area contributed by atoms with Crippen LogP contribution in [0.25, 0.3) is 0 Å². The van der Waals surface area contributed by atoms with Crippen LogP contribution in [0.2, 0.25) is 0 Å². The second kappa shape index (κ2) is 5.61. The van der Waals surface area contributed by atoms with E-state index in [9.17, 15) is 0 Å². The molecule has 1 rings (SSSR count). The number of benzene rings is 1. The predicted molar refractivity (Wildman–Crippen MR) is 62.1 cm³/mol. The molecular weight excluding hydrogens is 170 g/mol. The van der Waals surface area contributed by atoms with Gasteiger partial charge in [0.05, 0.1) is 0 Å². The number of nitrogens with one attached hydrogen (secondary N) is 1. The Morgan fingerprint density at radius 2 is 1.93 bits per heavy atom. The Morgan fingerprint density at radius 1 is 1.29 bits per heavy atom. The van der Waals surface area contributed by atoms with Gasteiger partial charge in [-0.05, 0) is 11.5 Å². The lowest BCUT2D eigenvalue weighted by molar-refractivity contribution is 0.464. The van der Waals surface area contributed by atoms with E-state index >= 15 is 0 Å². The third-order valence-corrected chi connectivity index (χ3v) is 2.36. The Labute approximate surface area is 86.8 Å². The molecule has 1 heteroatoms. The summed E-state index contributed by atoms with van der Waals surface area (Å²) in [6.45, 7) is 9.14. The first-order chi connectivity index (χ1) is 6.74. The lowest BCUT2D eigenvalue weighted by Gasteiger charge is -2.18. The van der Waals surface area contributed by atoms with Gasteiger partial charge in [-0.2, -0.15) is 0 Å². The fourth-order valence-electron chi connectivity index (χ4n) is 1.42. The Morgan fingerprint density at radius 3 is 2.43 bits per heavy atom. The molecule has 0 radical (unpaired) electrons. The van der Waals surface area contributed by atoms with Gasteiger partial charge >= 0.3 is 0 Å². The van der Waals surface area contributed by atoms with Crippen molar-refractivity contribution in [1.82, 2.24) is 5.32 Å². The highest BCUT2D eigenvalue weighted by Gasteiger charge is 2.07. The monoisotopic (exact) mass is 189 g/mol. The topological polar surface area (TPSA) is 12.0 Å². The van der Waals surface area contributed by atoms with E-state index < -0.39 is 0 Å². The normalized spacial score (nSPS) is 12.8. The molecule has 1 N–H and O–H groups in total. The molecule has 0 bridgehead atoms. The van der Waals surface area contributed by atoms with Gasteiger partial charge in [-0.1, -0.05) is 50.3 Å². The summed E-state index contributed by atoms with van der Waals surface area (Å²) < 4.78 is 0. The van der Waals surface area contributed by atoms with Crippen molar-refractivity contribution in [2.75, 3.05) is 0 Å². The molecule has 0 amide bonds. The van der Waals surface area contributed by atoms with Crippen LogP contribution in [-0.2, 0) is 6.54 Å². The van der Waals surface area contributed by atoms with Gasteiger partial charge in [0.25, 0.3) is 0 Å². The van der Waals surface area contributed by atoms with Gasteiger partial charge in [0.2, 0.25) is 0 Å². The maximum absolute atomic E-state index is 3.83. The quantitative estimate of drug-likeness (QED) is 0.702. The van der Waals surface area contributed by atoms with E-state index in [1.54, 1.807) is 0 Å². The van der Waals surface area contributed by atoms with Crippen LogP contribution in [0.1, 0.15) is 19.4 Å². The zero-order chi connectivity index (χ0) is 10.4. The minimum Gasteiger partial charge on any atom is -0.306 e. The summed E-state index contributed by atoms with van der Waals surface area (Å²) in [7, 11) is 0. The molecule has 14 heavy (non-hydrogen) atoms. The van der Waals surface area contributed by atoms with Gasteiger partial charge in [0.15, 0.2) is 0 Å². The smallest absolute Gasteiger partial charge is 0.0273 e. The van der Waals surface area contributed by atoms with Gasteiger partial charge in [-0.15, -0.1) is 6.58 Å². The molecule has 76 valence electrons. The summed E-state index contributed by atoms with van der Waals surface area (Å²) in [5, 5.41) is 3.47. The van der Waals surface area contributed by atoms with Crippen LogP contribution in [-0.4, -0.2) is 6.04 Å². The number of rotatable bonds is 5. The Hall–Kier alpha value is -1.08. The van der Waals surface area contributed by atoms with Gasteiger partial charge in [-0.25, -0.2) is 0 Å². The standard InChI is InChI=1S/C13H19N/c1-4-13(11(2)3)14-10-12-8-6-5-7-9-12/h4-9,11,13-14H,1,10H2,2-3H3. The average molecular weight is 189 g/mol. The molecule has 0 aliphatic heterocycles. The minimum absolute atomic E-state index is 0.398. The molecule has 0 saturated heterocycles. The summed E-state index contributed by atoms with van der Waals surface area (Å²) in [4.78, 5) is 0. The van der Waals surface area contributed by atoms with Crippen LogP contribution in [0.15, 0.2) is 43.0 Å². The number of hydrogen-bond acceptors (Lipinski definition) is 1. The molecule has 0 aliphatic rings. The van der Waals surface area contributed by atoms with E-state index in [4.69, 9.17) is 0 Å². The van der Waals surface area contributed by atoms with Crippen LogP contribution in [0.5, 0.6) is 0 Å². The highest BCUT2D eigenvalue weighted by Crippen LogP contribution is 2.04. The fourth-order valence-corrected chi connectivity index (χ4v) is 1.42. The molecule has 0 fully saturated rings. The van der Waals surface area contributed by atoms with E-state index in [0.717, 1.165) is 6.54 Å². The molecule has 1 atom stereocenters. The van der Waals surface area contributed by atoms with Gasteiger partial charge in [-0.3, -0.25) is 0 Å². The third kappa shape index (κ3) is 3.35. The molecule has 0 aliphatic carbocycles. The van der Waals surface area contributed by atoms with Gasteiger partial charge in [0.1, 0.15) is 0 Å². The zero-order valence-electron chi connectivity index (χ0n) is 9.03. The third-order valence-electron chi connectivity index (χ3n) is 2.36. The average Bonchev–Trinajstić information content (AvgIpc) is 2.20. The van der Waals surface area contributed by atoms with Crippen molar-refractivity contribution in [2.45, 2.75) is 26.4 Å². The molecule has 1 unspecified atom stereocenters. The molecule has 1 aromatic carbocycles. The molecule has 1 nitrogen and oxygen atoms in total. The Balaban J connectivity index is 2.43. The lowest BCUT2D eigenvalue weighted by atomic mass is 10.0. The van der Waals surface area contributed by atoms with E-state index in [-0.39, 0.29) is 0 Å². The van der Waals surface area contributed by atoms with Crippen LogP contribution in [0.4, 0.5) is 0 Å². The minimum atomic E-state index is 0.398. The molecule has 0 aromatic heterocycles. The summed E-state index contributed by atoms with van der Waals surface area (Å²) in [6.07, 6.45) is 1.98. The van der Waals surface area contributed by atoms with E-state index in [0.29, 0.717) is 12.0 Å². The van der Waals surface area contributed by atoms with Crippen molar-refractivity contribution >= 4 is 0 Å². The van der Waals surface area contributed by atoms with E-state index in [1.165, 1.54) is 5.56 Å². The van der Waals surface area contributed by atoms with Crippen LogP contribution >= 0.6 is 0 Å². The van der Waals surface area contributed by atoms with E-state index in [2.05, 4.69) is 50.0 Å². The molecule has 0 spiro atoms. The summed E-state index contributed by atoms with van der Waals surface area (Å²) >= 11 is 0. The van der Waals surface area contributed by atoms with Gasteiger partial charge in [0, 0.05) is 12.6 Å². The van der Waals surface area contributed by atoms with Crippen molar-refractivity contribution < 1.29 is 0 Å². The SMILES string of the molecule is C=CC(NCc1ccccc1)C(C)C. The molecular formula is C13H19N. The van der Waals surface area contributed by atoms with Crippen LogP contribution < -0.4 is 5.32 Å².